The largest absolute Gasteiger partial charge is 0.482 e. The Kier molecular flexibility index (Phi) is 6.86. The van der Waals surface area contributed by atoms with E-state index in [4.69, 9.17) is 20.2 Å². The van der Waals surface area contributed by atoms with Crippen molar-refractivity contribution in [2.24, 2.45) is 0 Å². The summed E-state index contributed by atoms with van der Waals surface area (Å²) >= 11 is 0. The van der Waals surface area contributed by atoms with Gasteiger partial charge in [0.1, 0.15) is 16.5 Å². The van der Waals surface area contributed by atoms with Crippen molar-refractivity contribution in [3.05, 3.63) is 24.0 Å². The molecule has 1 N–H and O–H groups in total. The molecule has 1 aromatic rings. The predicted octanol–water partition coefficient (Wildman–Crippen LogP) is 1.28. The third kappa shape index (κ3) is 6.28. The van der Waals surface area contributed by atoms with Crippen LogP contribution in [0.1, 0.15) is 6.42 Å². The van der Waals surface area contributed by atoms with Crippen LogP contribution < -0.4 is 10.1 Å². The van der Waals surface area contributed by atoms with E-state index in [9.17, 15) is 17.6 Å². The molecule has 0 spiro atoms. The molecule has 0 unspecified atom stereocenters. The summed E-state index contributed by atoms with van der Waals surface area (Å²) in [6.45, 7) is 0.506. The quantitative estimate of drug-likeness (QED) is 0.570. The predicted molar refractivity (Wildman–Crippen MR) is 74.4 cm³/mol. The van der Waals surface area contributed by atoms with Gasteiger partial charge in [0.15, 0.2) is 6.61 Å². The molecule has 1 rings (SSSR count). The standard InChI is InChI=1S/C12H15ClFNO5S/c1-19-6-2-5-15-12(16)8-20-10-4-3-9(14)7-11(10)21(13,17)18/h3-4,7H,2,5-6,8H2,1H3,(H,15,16). The van der Waals surface area contributed by atoms with E-state index < -0.39 is 32.3 Å². The van der Waals surface area contributed by atoms with Crippen LogP contribution in [0.3, 0.4) is 0 Å². The maximum atomic E-state index is 13.0. The zero-order valence-electron chi connectivity index (χ0n) is 11.3. The van der Waals surface area contributed by atoms with Crippen molar-refractivity contribution in [1.82, 2.24) is 5.32 Å². The lowest BCUT2D eigenvalue weighted by Crippen LogP contribution is -2.30. The SMILES string of the molecule is COCCCNC(=O)COc1ccc(F)cc1S(=O)(=O)Cl. The molecule has 0 saturated heterocycles. The Labute approximate surface area is 126 Å². The van der Waals surface area contributed by atoms with Gasteiger partial charge in [-0.25, -0.2) is 12.8 Å². The lowest BCUT2D eigenvalue weighted by atomic mass is 10.3. The van der Waals surface area contributed by atoms with E-state index in [-0.39, 0.29) is 5.75 Å². The van der Waals surface area contributed by atoms with Gasteiger partial charge in [0.25, 0.3) is 15.0 Å². The van der Waals surface area contributed by atoms with E-state index in [1.807, 2.05) is 0 Å². The van der Waals surface area contributed by atoms with Crippen molar-refractivity contribution >= 4 is 25.6 Å². The number of nitrogens with one attached hydrogen (secondary N) is 1. The van der Waals surface area contributed by atoms with E-state index in [1.54, 1.807) is 7.11 Å². The van der Waals surface area contributed by atoms with Crippen LogP contribution in [0.4, 0.5) is 4.39 Å². The van der Waals surface area contributed by atoms with Crippen molar-refractivity contribution < 1.29 is 27.1 Å². The average molecular weight is 340 g/mol. The second-order valence-corrected chi connectivity index (χ2v) is 6.55. The van der Waals surface area contributed by atoms with Crippen molar-refractivity contribution in [1.29, 1.82) is 0 Å². The second-order valence-electron chi connectivity index (χ2n) is 4.01. The van der Waals surface area contributed by atoms with Crippen molar-refractivity contribution in [2.45, 2.75) is 11.3 Å². The van der Waals surface area contributed by atoms with Crippen molar-refractivity contribution in [3.8, 4) is 5.75 Å². The van der Waals surface area contributed by atoms with E-state index in [2.05, 4.69) is 5.32 Å². The van der Waals surface area contributed by atoms with E-state index in [0.717, 1.165) is 18.2 Å². The minimum atomic E-state index is -4.17. The highest BCUT2D eigenvalue weighted by Gasteiger charge is 2.18. The molecule has 0 aliphatic carbocycles. The molecule has 0 saturated carbocycles. The summed E-state index contributed by atoms with van der Waals surface area (Å²) in [5.41, 5.74) is 0. The number of hydrogen-bond donors (Lipinski definition) is 1. The zero-order chi connectivity index (χ0) is 15.9. The Balaban J connectivity index is 2.61. The molecular weight excluding hydrogens is 325 g/mol. The highest BCUT2D eigenvalue weighted by molar-refractivity contribution is 8.13. The van der Waals surface area contributed by atoms with Crippen LogP contribution >= 0.6 is 10.7 Å². The highest BCUT2D eigenvalue weighted by Crippen LogP contribution is 2.27. The van der Waals surface area contributed by atoms with Gasteiger partial charge in [0.2, 0.25) is 0 Å². The summed E-state index contributed by atoms with van der Waals surface area (Å²) in [4.78, 5) is 11.0. The van der Waals surface area contributed by atoms with Crippen LogP contribution in [-0.2, 0) is 18.6 Å². The zero-order valence-corrected chi connectivity index (χ0v) is 12.8. The maximum Gasteiger partial charge on any atom is 0.265 e. The number of amides is 1. The molecule has 0 aromatic heterocycles. The summed E-state index contributed by atoms with van der Waals surface area (Å²) in [6, 6.07) is 2.84. The van der Waals surface area contributed by atoms with Crippen LogP contribution in [0, 0.1) is 5.82 Å². The molecule has 118 valence electrons. The molecular formula is C12H15ClFNO5S. The topological polar surface area (TPSA) is 81.7 Å². The van der Waals surface area contributed by atoms with Gasteiger partial charge in [0, 0.05) is 30.9 Å². The average Bonchev–Trinajstić information content (AvgIpc) is 2.41. The van der Waals surface area contributed by atoms with E-state index in [0.29, 0.717) is 19.6 Å². The highest BCUT2D eigenvalue weighted by atomic mass is 35.7. The smallest absolute Gasteiger partial charge is 0.265 e. The Bertz CT molecular complexity index is 593. The number of methoxy groups -OCH3 is 1. The molecule has 0 heterocycles. The van der Waals surface area contributed by atoms with E-state index >= 15 is 0 Å². The fraction of sp³-hybridized carbons (Fsp3) is 0.417. The molecule has 0 aliphatic heterocycles. The summed E-state index contributed by atoms with van der Waals surface area (Å²) in [5, 5.41) is 2.56. The van der Waals surface area contributed by atoms with Gasteiger partial charge in [-0.05, 0) is 24.6 Å². The first-order valence-corrected chi connectivity index (χ1v) is 8.28. The molecule has 0 aliphatic rings. The third-order valence-corrected chi connectivity index (χ3v) is 3.72. The van der Waals surface area contributed by atoms with Crippen molar-refractivity contribution in [2.75, 3.05) is 26.9 Å². The minimum Gasteiger partial charge on any atom is -0.482 e. The van der Waals surface area contributed by atoms with Crippen LogP contribution in [0.5, 0.6) is 5.75 Å². The lowest BCUT2D eigenvalue weighted by Gasteiger charge is -2.10. The Morgan fingerprint density at radius 3 is 2.76 bits per heavy atom. The summed E-state index contributed by atoms with van der Waals surface area (Å²) in [7, 11) is 2.56. The molecule has 0 radical (unpaired) electrons. The van der Waals surface area contributed by atoms with Gasteiger partial charge in [-0.15, -0.1) is 0 Å². The number of rotatable bonds is 8. The Morgan fingerprint density at radius 1 is 1.43 bits per heavy atom. The third-order valence-electron chi connectivity index (χ3n) is 2.37. The number of carbonyl (C=O) groups excluding carboxylic acids is 1. The fourth-order valence-corrected chi connectivity index (χ4v) is 2.41. The maximum absolute atomic E-state index is 13.0. The van der Waals surface area contributed by atoms with Gasteiger partial charge in [0.05, 0.1) is 0 Å². The number of carbonyl (C=O) groups is 1. The molecule has 1 amide bonds. The first kappa shape index (κ1) is 17.7. The number of ether oxygens (including phenoxy) is 2. The normalized spacial score (nSPS) is 11.2. The molecule has 21 heavy (non-hydrogen) atoms. The first-order chi connectivity index (χ1) is 9.84. The van der Waals surface area contributed by atoms with Crippen LogP contribution in [0.25, 0.3) is 0 Å². The lowest BCUT2D eigenvalue weighted by molar-refractivity contribution is -0.123. The van der Waals surface area contributed by atoms with Gasteiger partial charge in [-0.1, -0.05) is 0 Å². The van der Waals surface area contributed by atoms with Crippen LogP contribution in [-0.4, -0.2) is 41.2 Å². The second kappa shape index (κ2) is 8.16. The Hall–Kier alpha value is -1.38. The molecule has 1 aromatic carbocycles. The molecule has 0 bridgehead atoms. The van der Waals surface area contributed by atoms with Gasteiger partial charge in [-0.3, -0.25) is 4.79 Å². The number of halogens is 2. The summed E-state index contributed by atoms with van der Waals surface area (Å²) in [5.74, 6) is -1.39. The Morgan fingerprint density at radius 2 is 2.14 bits per heavy atom. The van der Waals surface area contributed by atoms with Crippen LogP contribution in [0.2, 0.25) is 0 Å². The minimum absolute atomic E-state index is 0.182. The fourth-order valence-electron chi connectivity index (χ4n) is 1.43. The van der Waals surface area contributed by atoms with Crippen molar-refractivity contribution in [3.63, 3.8) is 0 Å². The van der Waals surface area contributed by atoms with Gasteiger partial charge < -0.3 is 14.8 Å². The van der Waals surface area contributed by atoms with Crippen LogP contribution in [0.15, 0.2) is 23.1 Å². The number of benzene rings is 1. The molecule has 0 atom stereocenters. The van der Waals surface area contributed by atoms with Gasteiger partial charge >= 0.3 is 0 Å². The number of hydrogen-bond acceptors (Lipinski definition) is 5. The molecule has 0 fully saturated rings. The summed E-state index contributed by atoms with van der Waals surface area (Å²) in [6.07, 6.45) is 0.639. The molecule has 9 heteroatoms. The van der Waals surface area contributed by atoms with Gasteiger partial charge in [-0.2, -0.15) is 0 Å². The first-order valence-electron chi connectivity index (χ1n) is 5.97. The molecule has 6 nitrogen and oxygen atoms in total. The summed E-state index contributed by atoms with van der Waals surface area (Å²) < 4.78 is 45.5. The monoisotopic (exact) mass is 339 g/mol. The van der Waals surface area contributed by atoms with E-state index in [1.165, 1.54) is 0 Å².